The SMILES string of the molecule is Cc1ccc(CNC(=O)[C@@H](C)N(c2ccc(Cl)c(C(F)(F)F)c2)S(C)(=O)=O)cc1. The monoisotopic (exact) mass is 448 g/mol. The van der Waals surface area contributed by atoms with Crippen LogP contribution in [0.1, 0.15) is 23.6 Å². The molecule has 2 rings (SSSR count). The molecule has 0 saturated carbocycles. The van der Waals surface area contributed by atoms with Crippen LogP contribution in [0.3, 0.4) is 0 Å². The van der Waals surface area contributed by atoms with E-state index in [-0.39, 0.29) is 12.2 Å². The zero-order chi connectivity index (χ0) is 22.0. The Morgan fingerprint density at radius 3 is 2.28 bits per heavy atom. The summed E-state index contributed by atoms with van der Waals surface area (Å²) in [6.07, 6.45) is -3.95. The van der Waals surface area contributed by atoms with Crippen molar-refractivity contribution < 1.29 is 26.4 Å². The second-order valence-corrected chi connectivity index (χ2v) is 8.87. The molecule has 2 aromatic carbocycles. The van der Waals surface area contributed by atoms with Gasteiger partial charge in [-0.2, -0.15) is 13.2 Å². The van der Waals surface area contributed by atoms with Crippen LogP contribution in [0.25, 0.3) is 0 Å². The van der Waals surface area contributed by atoms with Crippen LogP contribution in [0.4, 0.5) is 18.9 Å². The predicted molar refractivity (Wildman–Crippen MR) is 106 cm³/mol. The molecule has 0 aliphatic heterocycles. The standard InChI is InChI=1S/C19H20ClF3N2O3S/c1-12-4-6-14(7-5-12)11-24-18(26)13(2)25(29(3,27)28)15-8-9-17(20)16(10-15)19(21,22)23/h4-10,13H,11H2,1-3H3,(H,24,26)/t13-/m1/s1. The smallest absolute Gasteiger partial charge is 0.350 e. The fourth-order valence-corrected chi connectivity index (χ4v) is 4.11. The topological polar surface area (TPSA) is 66.5 Å². The molecule has 0 radical (unpaired) electrons. The van der Waals surface area contributed by atoms with E-state index in [9.17, 15) is 26.4 Å². The number of rotatable bonds is 6. The van der Waals surface area contributed by atoms with Gasteiger partial charge in [0.05, 0.1) is 22.5 Å². The molecule has 0 unspecified atom stereocenters. The number of hydrogen-bond donors (Lipinski definition) is 1. The fraction of sp³-hybridized carbons (Fsp3) is 0.316. The summed E-state index contributed by atoms with van der Waals surface area (Å²) in [5.74, 6) is -0.653. The highest BCUT2D eigenvalue weighted by atomic mass is 35.5. The highest BCUT2D eigenvalue weighted by Crippen LogP contribution is 2.37. The van der Waals surface area contributed by atoms with Crippen LogP contribution in [-0.2, 0) is 27.5 Å². The lowest BCUT2D eigenvalue weighted by Gasteiger charge is -2.29. The highest BCUT2D eigenvalue weighted by Gasteiger charge is 2.36. The minimum absolute atomic E-state index is 0.148. The summed E-state index contributed by atoms with van der Waals surface area (Å²) < 4.78 is 64.6. The van der Waals surface area contributed by atoms with Gasteiger partial charge in [0.15, 0.2) is 0 Å². The normalized spacial score (nSPS) is 13.1. The van der Waals surface area contributed by atoms with Gasteiger partial charge in [-0.3, -0.25) is 9.10 Å². The molecule has 1 N–H and O–H groups in total. The van der Waals surface area contributed by atoms with Crippen LogP contribution in [0.15, 0.2) is 42.5 Å². The number of nitrogens with one attached hydrogen (secondary N) is 1. The van der Waals surface area contributed by atoms with Gasteiger partial charge in [-0.1, -0.05) is 41.4 Å². The van der Waals surface area contributed by atoms with Crippen LogP contribution in [0, 0.1) is 6.92 Å². The summed E-state index contributed by atoms with van der Waals surface area (Å²) in [6, 6.07) is 8.76. The Kier molecular flexibility index (Phi) is 6.85. The van der Waals surface area contributed by atoms with E-state index in [1.165, 1.54) is 6.92 Å². The Balaban J connectivity index is 2.30. The lowest BCUT2D eigenvalue weighted by Crippen LogP contribution is -2.47. The van der Waals surface area contributed by atoms with Gasteiger partial charge in [0.2, 0.25) is 15.9 Å². The van der Waals surface area contributed by atoms with Gasteiger partial charge in [0.25, 0.3) is 0 Å². The van der Waals surface area contributed by atoms with E-state index < -0.39 is 38.7 Å². The van der Waals surface area contributed by atoms with Gasteiger partial charge in [-0.25, -0.2) is 8.42 Å². The summed E-state index contributed by atoms with van der Waals surface area (Å²) in [6.45, 7) is 3.36. The van der Waals surface area contributed by atoms with Crippen LogP contribution < -0.4 is 9.62 Å². The van der Waals surface area contributed by atoms with E-state index in [1.807, 2.05) is 31.2 Å². The predicted octanol–water partition coefficient (Wildman–Crippen LogP) is 4.14. The van der Waals surface area contributed by atoms with Crippen molar-refractivity contribution in [1.82, 2.24) is 5.32 Å². The molecule has 0 aliphatic carbocycles. The summed E-state index contributed by atoms with van der Waals surface area (Å²) >= 11 is 5.60. The Bertz CT molecular complexity index is 993. The quantitative estimate of drug-likeness (QED) is 0.722. The van der Waals surface area contributed by atoms with Crippen LogP contribution in [0.5, 0.6) is 0 Å². The number of aryl methyl sites for hydroxylation is 1. The second-order valence-electron chi connectivity index (χ2n) is 6.60. The number of nitrogens with zero attached hydrogens (tertiary/aromatic N) is 1. The van der Waals surface area contributed by atoms with E-state index in [0.29, 0.717) is 10.4 Å². The Labute approximate surface area is 172 Å². The zero-order valence-corrected chi connectivity index (χ0v) is 17.5. The number of sulfonamides is 1. The van der Waals surface area contributed by atoms with Crippen molar-refractivity contribution in [1.29, 1.82) is 0 Å². The van der Waals surface area contributed by atoms with Crippen molar-refractivity contribution in [3.05, 3.63) is 64.2 Å². The molecule has 0 aromatic heterocycles. The average molecular weight is 449 g/mol. The molecule has 0 spiro atoms. The van der Waals surface area contributed by atoms with E-state index in [1.54, 1.807) is 0 Å². The first-order valence-electron chi connectivity index (χ1n) is 8.50. The molecule has 0 saturated heterocycles. The third-order valence-electron chi connectivity index (χ3n) is 4.19. The summed E-state index contributed by atoms with van der Waals surface area (Å²) in [4.78, 5) is 12.5. The van der Waals surface area contributed by atoms with Crippen LogP contribution >= 0.6 is 11.6 Å². The Morgan fingerprint density at radius 1 is 1.17 bits per heavy atom. The lowest BCUT2D eigenvalue weighted by atomic mass is 10.1. The first-order valence-corrected chi connectivity index (χ1v) is 10.7. The van der Waals surface area contributed by atoms with E-state index in [0.717, 1.165) is 29.5 Å². The molecule has 158 valence electrons. The average Bonchev–Trinajstić information content (AvgIpc) is 2.60. The Hall–Kier alpha value is -2.26. The summed E-state index contributed by atoms with van der Waals surface area (Å²) in [5, 5.41) is 2.04. The molecule has 2 aromatic rings. The van der Waals surface area contributed by atoms with Crippen molar-refractivity contribution in [2.45, 2.75) is 32.6 Å². The fourth-order valence-electron chi connectivity index (χ4n) is 2.72. The summed E-state index contributed by atoms with van der Waals surface area (Å²) in [7, 11) is -4.06. The maximum Gasteiger partial charge on any atom is 0.417 e. The second kappa shape index (κ2) is 8.62. The molecule has 0 bridgehead atoms. The van der Waals surface area contributed by atoms with E-state index >= 15 is 0 Å². The zero-order valence-electron chi connectivity index (χ0n) is 15.9. The molecular weight excluding hydrogens is 429 g/mol. The minimum Gasteiger partial charge on any atom is -0.350 e. The van der Waals surface area contributed by atoms with Crippen molar-refractivity contribution in [3.63, 3.8) is 0 Å². The van der Waals surface area contributed by atoms with E-state index in [2.05, 4.69) is 5.32 Å². The number of anilines is 1. The van der Waals surface area contributed by atoms with Gasteiger partial charge >= 0.3 is 6.18 Å². The van der Waals surface area contributed by atoms with Crippen molar-refractivity contribution in [2.24, 2.45) is 0 Å². The first-order chi connectivity index (χ1) is 13.3. The number of benzene rings is 2. The molecule has 0 aliphatic rings. The lowest BCUT2D eigenvalue weighted by molar-refractivity contribution is -0.137. The molecule has 29 heavy (non-hydrogen) atoms. The summed E-state index contributed by atoms with van der Waals surface area (Å²) in [5.41, 5.74) is 0.354. The molecule has 5 nitrogen and oxygen atoms in total. The first kappa shape index (κ1) is 23.0. The van der Waals surface area contributed by atoms with Crippen molar-refractivity contribution in [2.75, 3.05) is 10.6 Å². The third kappa shape index (κ3) is 5.86. The van der Waals surface area contributed by atoms with Gasteiger partial charge in [0.1, 0.15) is 6.04 Å². The molecule has 0 heterocycles. The van der Waals surface area contributed by atoms with Gasteiger partial charge < -0.3 is 5.32 Å². The van der Waals surface area contributed by atoms with Crippen LogP contribution in [0.2, 0.25) is 5.02 Å². The number of alkyl halides is 3. The molecule has 0 fully saturated rings. The highest BCUT2D eigenvalue weighted by molar-refractivity contribution is 7.92. The number of carbonyl (C=O) groups is 1. The van der Waals surface area contributed by atoms with Crippen molar-refractivity contribution >= 4 is 33.2 Å². The number of hydrogen-bond acceptors (Lipinski definition) is 3. The number of carbonyl (C=O) groups excluding carboxylic acids is 1. The number of amides is 1. The van der Waals surface area contributed by atoms with Gasteiger partial charge in [-0.05, 0) is 37.6 Å². The van der Waals surface area contributed by atoms with E-state index in [4.69, 9.17) is 11.6 Å². The maximum atomic E-state index is 13.2. The van der Waals surface area contributed by atoms with Gasteiger partial charge in [0, 0.05) is 6.54 Å². The van der Waals surface area contributed by atoms with Gasteiger partial charge in [-0.15, -0.1) is 0 Å². The third-order valence-corrected chi connectivity index (χ3v) is 5.76. The van der Waals surface area contributed by atoms with Crippen LogP contribution in [-0.4, -0.2) is 26.6 Å². The molecular formula is C19H20ClF3N2O3S. The molecule has 1 atom stereocenters. The largest absolute Gasteiger partial charge is 0.417 e. The number of halogens is 4. The molecule has 1 amide bonds. The maximum absolute atomic E-state index is 13.2. The Morgan fingerprint density at radius 2 is 1.76 bits per heavy atom. The molecule has 10 heteroatoms. The minimum atomic E-state index is -4.77. The van der Waals surface area contributed by atoms with Crippen molar-refractivity contribution in [3.8, 4) is 0 Å².